The van der Waals surface area contributed by atoms with E-state index in [1.54, 1.807) is 30.0 Å². The average Bonchev–Trinajstić information content (AvgIpc) is 3.20. The van der Waals surface area contributed by atoms with Crippen LogP contribution in [0.3, 0.4) is 0 Å². The van der Waals surface area contributed by atoms with Crippen LogP contribution in [0.4, 0.5) is 4.39 Å². The summed E-state index contributed by atoms with van der Waals surface area (Å²) in [5.41, 5.74) is -0.101. The quantitative estimate of drug-likeness (QED) is 0.864. The topological polar surface area (TPSA) is 62.6 Å². The predicted molar refractivity (Wildman–Crippen MR) is 95.3 cm³/mol. The van der Waals surface area contributed by atoms with Crippen LogP contribution in [0.25, 0.3) is 0 Å². The fraction of sp³-hybridized carbons (Fsp3) is 0.400. The van der Waals surface area contributed by atoms with Gasteiger partial charge in [-0.2, -0.15) is 0 Å². The van der Waals surface area contributed by atoms with E-state index in [-0.39, 0.29) is 23.4 Å². The smallest absolute Gasteiger partial charge is 0.287 e. The molecule has 2 amide bonds. The van der Waals surface area contributed by atoms with E-state index in [0.717, 1.165) is 11.3 Å². The number of halogens is 1. The molecule has 2 heterocycles. The Morgan fingerprint density at radius 1 is 1.35 bits per heavy atom. The molecule has 1 unspecified atom stereocenters. The average molecular weight is 358 g/mol. The van der Waals surface area contributed by atoms with Crippen molar-refractivity contribution in [3.05, 3.63) is 59.3 Å². The molecule has 1 atom stereocenters. The van der Waals surface area contributed by atoms with Crippen molar-refractivity contribution in [2.45, 2.75) is 38.6 Å². The number of hydrogen-bond acceptors (Lipinski definition) is 3. The zero-order valence-electron chi connectivity index (χ0n) is 15.0. The minimum Gasteiger partial charge on any atom is -0.456 e. The summed E-state index contributed by atoms with van der Waals surface area (Å²) in [7, 11) is 0. The maximum absolute atomic E-state index is 13.3. The first-order valence-corrected chi connectivity index (χ1v) is 8.86. The summed E-state index contributed by atoms with van der Waals surface area (Å²) in [6.07, 6.45) is 1.81. The van der Waals surface area contributed by atoms with Crippen LogP contribution in [-0.2, 0) is 17.6 Å². The lowest BCUT2D eigenvalue weighted by Gasteiger charge is -2.24. The SMILES string of the molecule is CCc1ccc(C(=O)NC2(C)CCN(CCc3cccc(F)c3)C2=O)o1. The lowest BCUT2D eigenvalue weighted by atomic mass is 10.0. The fourth-order valence-corrected chi connectivity index (χ4v) is 3.20. The second-order valence-corrected chi connectivity index (χ2v) is 6.83. The van der Waals surface area contributed by atoms with Gasteiger partial charge in [-0.25, -0.2) is 4.39 Å². The molecule has 1 aromatic heterocycles. The summed E-state index contributed by atoms with van der Waals surface area (Å²) >= 11 is 0. The van der Waals surface area contributed by atoms with Crippen LogP contribution in [0.1, 0.15) is 42.1 Å². The zero-order chi connectivity index (χ0) is 18.7. The molecule has 1 saturated heterocycles. The van der Waals surface area contributed by atoms with E-state index < -0.39 is 5.54 Å². The van der Waals surface area contributed by atoms with Gasteiger partial charge < -0.3 is 14.6 Å². The van der Waals surface area contributed by atoms with E-state index in [4.69, 9.17) is 4.42 Å². The molecule has 0 radical (unpaired) electrons. The number of carbonyl (C=O) groups is 2. The summed E-state index contributed by atoms with van der Waals surface area (Å²) in [5, 5.41) is 2.81. The van der Waals surface area contributed by atoms with E-state index in [2.05, 4.69) is 5.32 Å². The van der Waals surface area contributed by atoms with Crippen LogP contribution >= 0.6 is 0 Å². The summed E-state index contributed by atoms with van der Waals surface area (Å²) in [6, 6.07) is 9.76. The van der Waals surface area contributed by atoms with Gasteiger partial charge in [-0.05, 0) is 49.6 Å². The minimum atomic E-state index is -0.946. The summed E-state index contributed by atoms with van der Waals surface area (Å²) < 4.78 is 18.7. The van der Waals surface area contributed by atoms with Crippen molar-refractivity contribution in [3.63, 3.8) is 0 Å². The molecule has 3 rings (SSSR count). The third kappa shape index (κ3) is 3.79. The molecule has 2 aromatic rings. The van der Waals surface area contributed by atoms with Gasteiger partial charge in [0.05, 0.1) is 0 Å². The molecule has 1 fully saturated rings. The molecule has 138 valence electrons. The molecule has 26 heavy (non-hydrogen) atoms. The number of furan rings is 1. The summed E-state index contributed by atoms with van der Waals surface area (Å²) in [4.78, 5) is 26.9. The van der Waals surface area contributed by atoms with E-state index in [1.165, 1.54) is 12.1 Å². The molecule has 1 aliphatic heterocycles. The number of nitrogens with one attached hydrogen (secondary N) is 1. The van der Waals surface area contributed by atoms with Crippen LogP contribution in [0, 0.1) is 5.82 Å². The van der Waals surface area contributed by atoms with E-state index in [0.29, 0.717) is 32.4 Å². The number of benzene rings is 1. The van der Waals surface area contributed by atoms with Gasteiger partial charge in [-0.1, -0.05) is 19.1 Å². The van der Waals surface area contributed by atoms with E-state index >= 15 is 0 Å². The van der Waals surface area contributed by atoms with Crippen LogP contribution < -0.4 is 5.32 Å². The maximum Gasteiger partial charge on any atom is 0.287 e. The van der Waals surface area contributed by atoms with Crippen molar-refractivity contribution in [1.82, 2.24) is 10.2 Å². The molecule has 0 saturated carbocycles. The number of amides is 2. The van der Waals surface area contributed by atoms with E-state index in [9.17, 15) is 14.0 Å². The molecule has 1 N–H and O–H groups in total. The summed E-state index contributed by atoms with van der Waals surface area (Å²) in [6.45, 7) is 4.73. The van der Waals surface area contributed by atoms with Gasteiger partial charge in [0, 0.05) is 19.5 Å². The van der Waals surface area contributed by atoms with Crippen molar-refractivity contribution in [3.8, 4) is 0 Å². The Labute approximate surface area is 152 Å². The Hall–Kier alpha value is -2.63. The lowest BCUT2D eigenvalue weighted by Crippen LogP contribution is -2.52. The minimum absolute atomic E-state index is 0.121. The van der Waals surface area contributed by atoms with Crippen LogP contribution in [0.5, 0.6) is 0 Å². The number of likely N-dealkylation sites (tertiary alicyclic amines) is 1. The first-order valence-electron chi connectivity index (χ1n) is 8.86. The highest BCUT2D eigenvalue weighted by molar-refractivity contribution is 5.98. The van der Waals surface area contributed by atoms with Gasteiger partial charge >= 0.3 is 0 Å². The largest absolute Gasteiger partial charge is 0.456 e. The molecule has 5 nitrogen and oxygen atoms in total. The molecule has 0 spiro atoms. The highest BCUT2D eigenvalue weighted by Gasteiger charge is 2.44. The molecule has 6 heteroatoms. The number of aryl methyl sites for hydroxylation is 1. The van der Waals surface area contributed by atoms with Crippen molar-refractivity contribution >= 4 is 11.8 Å². The third-order valence-corrected chi connectivity index (χ3v) is 4.82. The van der Waals surface area contributed by atoms with Crippen LogP contribution in [-0.4, -0.2) is 35.3 Å². The number of nitrogens with zero attached hydrogens (tertiary/aromatic N) is 1. The van der Waals surface area contributed by atoms with Gasteiger partial charge in [-0.3, -0.25) is 9.59 Å². The van der Waals surface area contributed by atoms with Gasteiger partial charge in [-0.15, -0.1) is 0 Å². The first kappa shape index (κ1) is 18.2. The number of carbonyl (C=O) groups excluding carboxylic acids is 2. The van der Waals surface area contributed by atoms with Crippen LogP contribution in [0.15, 0.2) is 40.8 Å². The second-order valence-electron chi connectivity index (χ2n) is 6.83. The summed E-state index contributed by atoms with van der Waals surface area (Å²) in [5.74, 6) is 0.165. The van der Waals surface area contributed by atoms with Crippen molar-refractivity contribution in [2.24, 2.45) is 0 Å². The van der Waals surface area contributed by atoms with Crippen molar-refractivity contribution in [2.75, 3.05) is 13.1 Å². The first-order chi connectivity index (χ1) is 12.4. The van der Waals surface area contributed by atoms with Crippen molar-refractivity contribution in [1.29, 1.82) is 0 Å². The molecule has 0 aliphatic carbocycles. The molecule has 1 aliphatic rings. The monoisotopic (exact) mass is 358 g/mol. The molecular formula is C20H23FN2O3. The normalized spacial score (nSPS) is 19.8. The van der Waals surface area contributed by atoms with Gasteiger partial charge in [0.15, 0.2) is 5.76 Å². The third-order valence-electron chi connectivity index (χ3n) is 4.82. The van der Waals surface area contributed by atoms with Crippen molar-refractivity contribution < 1.29 is 18.4 Å². The molecular weight excluding hydrogens is 335 g/mol. The Kier molecular flexibility index (Phi) is 5.11. The van der Waals surface area contributed by atoms with Gasteiger partial charge in [0.1, 0.15) is 17.1 Å². The second kappa shape index (κ2) is 7.32. The lowest BCUT2D eigenvalue weighted by molar-refractivity contribution is -0.132. The predicted octanol–water partition coefficient (Wildman–Crippen LogP) is 2.94. The molecule has 0 bridgehead atoms. The Bertz CT molecular complexity index is 817. The Morgan fingerprint density at radius 3 is 2.85 bits per heavy atom. The molecule has 1 aromatic carbocycles. The zero-order valence-corrected chi connectivity index (χ0v) is 15.0. The number of hydrogen-bond donors (Lipinski definition) is 1. The standard InChI is InChI=1S/C20H23FN2O3/c1-3-16-7-8-17(26-16)18(24)22-20(2)10-12-23(19(20)25)11-9-14-5-4-6-15(21)13-14/h4-8,13H,3,9-12H2,1-2H3,(H,22,24). The highest BCUT2D eigenvalue weighted by Crippen LogP contribution is 2.24. The number of rotatable bonds is 6. The van der Waals surface area contributed by atoms with E-state index in [1.807, 2.05) is 13.0 Å². The van der Waals surface area contributed by atoms with Gasteiger partial charge in [0.2, 0.25) is 5.91 Å². The van der Waals surface area contributed by atoms with Crippen LogP contribution in [0.2, 0.25) is 0 Å². The Balaban J connectivity index is 1.60. The maximum atomic E-state index is 13.3. The fourth-order valence-electron chi connectivity index (χ4n) is 3.20. The highest BCUT2D eigenvalue weighted by atomic mass is 19.1. The Morgan fingerprint density at radius 2 is 2.15 bits per heavy atom. The van der Waals surface area contributed by atoms with Gasteiger partial charge in [0.25, 0.3) is 5.91 Å².